The van der Waals surface area contributed by atoms with Crippen LogP contribution < -0.4 is 10.9 Å². The van der Waals surface area contributed by atoms with Crippen molar-refractivity contribution in [2.24, 2.45) is 0 Å². The summed E-state index contributed by atoms with van der Waals surface area (Å²) >= 11 is 8.52. The summed E-state index contributed by atoms with van der Waals surface area (Å²) in [7, 11) is 0. The summed E-state index contributed by atoms with van der Waals surface area (Å²) in [6, 6.07) is 0. The number of nitrogens with one attached hydrogen (secondary N) is 2. The summed E-state index contributed by atoms with van der Waals surface area (Å²) in [5.41, 5.74) is 5.02. The van der Waals surface area contributed by atoms with Crippen molar-refractivity contribution in [3.63, 3.8) is 0 Å². The van der Waals surface area contributed by atoms with Crippen LogP contribution in [0.2, 0.25) is 0 Å². The van der Waals surface area contributed by atoms with Gasteiger partial charge in [0.25, 0.3) is 0 Å². The van der Waals surface area contributed by atoms with Gasteiger partial charge in [-0.05, 0) is 6.42 Å². The standard InChI is InChI=1S/C13H26N2OS2/c1-2-3-4-5-6-7-8-9-10-11-12(16)14-15-13(17)18/h2-11H2,1H3,(H,14,16)(H2,15,17,18). The van der Waals surface area contributed by atoms with Crippen LogP contribution in [0.4, 0.5) is 0 Å². The van der Waals surface area contributed by atoms with E-state index in [0.717, 1.165) is 12.8 Å². The summed E-state index contributed by atoms with van der Waals surface area (Å²) in [5.74, 6) is -0.0191. The van der Waals surface area contributed by atoms with Gasteiger partial charge in [0.05, 0.1) is 0 Å². The number of thiocarbonyl (C=S) groups is 1. The molecule has 0 bridgehead atoms. The Kier molecular flexibility index (Phi) is 12.9. The van der Waals surface area contributed by atoms with Crippen molar-refractivity contribution in [1.82, 2.24) is 10.9 Å². The molecule has 0 unspecified atom stereocenters. The van der Waals surface area contributed by atoms with Crippen molar-refractivity contribution in [2.75, 3.05) is 0 Å². The van der Waals surface area contributed by atoms with E-state index in [1.165, 1.54) is 44.9 Å². The van der Waals surface area contributed by atoms with E-state index in [1.807, 2.05) is 0 Å². The number of carbonyl (C=O) groups is 1. The van der Waals surface area contributed by atoms with Gasteiger partial charge in [0, 0.05) is 6.42 Å². The number of unbranched alkanes of at least 4 members (excludes halogenated alkanes) is 8. The first kappa shape index (κ1) is 17.7. The smallest absolute Gasteiger partial charge is 0.238 e. The Morgan fingerprint density at radius 3 is 1.94 bits per heavy atom. The molecule has 0 saturated heterocycles. The number of hydrogen-bond acceptors (Lipinski definition) is 2. The van der Waals surface area contributed by atoms with E-state index < -0.39 is 0 Å². The zero-order valence-electron chi connectivity index (χ0n) is 11.3. The lowest BCUT2D eigenvalue weighted by Gasteiger charge is -2.05. The minimum Gasteiger partial charge on any atom is -0.283 e. The molecule has 0 aromatic rings. The second-order valence-corrected chi connectivity index (χ2v) is 5.71. The molecule has 0 saturated carbocycles. The van der Waals surface area contributed by atoms with E-state index in [4.69, 9.17) is 0 Å². The van der Waals surface area contributed by atoms with Gasteiger partial charge in [-0.25, -0.2) is 0 Å². The second-order valence-electron chi connectivity index (χ2n) is 4.56. The summed E-state index contributed by atoms with van der Waals surface area (Å²) in [6.45, 7) is 2.24. The molecule has 0 rings (SSSR count). The van der Waals surface area contributed by atoms with Crippen molar-refractivity contribution >= 4 is 35.1 Å². The average molecular weight is 290 g/mol. The van der Waals surface area contributed by atoms with E-state index in [0.29, 0.717) is 6.42 Å². The van der Waals surface area contributed by atoms with Crippen LogP contribution in [0.5, 0.6) is 0 Å². The van der Waals surface area contributed by atoms with Crippen molar-refractivity contribution in [2.45, 2.75) is 71.1 Å². The number of hydrogen-bond donors (Lipinski definition) is 3. The fourth-order valence-corrected chi connectivity index (χ4v) is 1.89. The van der Waals surface area contributed by atoms with Gasteiger partial charge in [0.1, 0.15) is 4.32 Å². The third-order valence-corrected chi connectivity index (χ3v) is 3.03. The fraction of sp³-hybridized carbons (Fsp3) is 0.846. The van der Waals surface area contributed by atoms with Crippen LogP contribution in [-0.2, 0) is 4.79 Å². The van der Waals surface area contributed by atoms with E-state index in [2.05, 4.69) is 42.6 Å². The summed E-state index contributed by atoms with van der Waals surface area (Å²) in [4.78, 5) is 11.3. The summed E-state index contributed by atoms with van der Waals surface area (Å²) < 4.78 is 0.287. The third-order valence-electron chi connectivity index (χ3n) is 2.82. The van der Waals surface area contributed by atoms with Crippen molar-refractivity contribution in [3.05, 3.63) is 0 Å². The maximum absolute atomic E-state index is 11.3. The van der Waals surface area contributed by atoms with Crippen molar-refractivity contribution in [3.8, 4) is 0 Å². The molecule has 0 spiro atoms. The van der Waals surface area contributed by atoms with Crippen molar-refractivity contribution < 1.29 is 4.79 Å². The number of hydrazine groups is 1. The fourth-order valence-electron chi connectivity index (χ4n) is 1.78. The van der Waals surface area contributed by atoms with Crippen LogP contribution >= 0.6 is 24.8 Å². The third kappa shape index (κ3) is 13.8. The molecule has 0 fully saturated rings. The molecule has 0 aromatic carbocycles. The molecule has 0 atom stereocenters. The number of thiol groups is 1. The minimum atomic E-state index is -0.0191. The zero-order valence-corrected chi connectivity index (χ0v) is 13.0. The largest absolute Gasteiger partial charge is 0.283 e. The van der Waals surface area contributed by atoms with Gasteiger partial charge in [0.15, 0.2) is 0 Å². The molecule has 18 heavy (non-hydrogen) atoms. The Balaban J connectivity index is 3.15. The first-order valence-corrected chi connectivity index (χ1v) is 7.80. The van der Waals surface area contributed by atoms with E-state index in [1.54, 1.807) is 0 Å². The highest BCUT2D eigenvalue weighted by atomic mass is 32.1. The Morgan fingerprint density at radius 2 is 1.44 bits per heavy atom. The normalized spacial score (nSPS) is 10.1. The molecular formula is C13H26N2OS2. The van der Waals surface area contributed by atoms with Gasteiger partial charge >= 0.3 is 0 Å². The molecule has 0 heterocycles. The molecule has 0 aromatic heterocycles. The Bertz CT molecular complexity index is 235. The van der Waals surface area contributed by atoms with Gasteiger partial charge in [-0.15, -0.1) is 12.6 Å². The van der Waals surface area contributed by atoms with E-state index >= 15 is 0 Å². The molecule has 1 amide bonds. The lowest BCUT2D eigenvalue weighted by Crippen LogP contribution is -2.38. The van der Waals surface area contributed by atoms with Crippen LogP contribution in [0.3, 0.4) is 0 Å². The Hall–Kier alpha value is -0.290. The molecule has 2 N–H and O–H groups in total. The maximum Gasteiger partial charge on any atom is 0.238 e. The molecule has 0 radical (unpaired) electrons. The van der Waals surface area contributed by atoms with Gasteiger partial charge in [-0.1, -0.05) is 70.5 Å². The van der Waals surface area contributed by atoms with E-state index in [-0.39, 0.29) is 10.2 Å². The Morgan fingerprint density at radius 1 is 0.944 bits per heavy atom. The lowest BCUT2D eigenvalue weighted by molar-refractivity contribution is -0.121. The predicted octanol–water partition coefficient (Wildman–Crippen LogP) is 3.74. The molecule has 3 nitrogen and oxygen atoms in total. The van der Waals surface area contributed by atoms with Gasteiger partial charge in [0.2, 0.25) is 5.91 Å². The quantitative estimate of drug-likeness (QED) is 0.248. The average Bonchev–Trinajstić information content (AvgIpc) is 2.34. The SMILES string of the molecule is CCCCCCCCCCCC(=O)NNC(=S)S. The summed E-state index contributed by atoms with van der Waals surface area (Å²) in [6.07, 6.45) is 11.9. The molecular weight excluding hydrogens is 264 g/mol. The van der Waals surface area contributed by atoms with Gasteiger partial charge in [-0.3, -0.25) is 15.6 Å². The number of rotatable bonds is 10. The zero-order chi connectivity index (χ0) is 13.6. The predicted molar refractivity (Wildman–Crippen MR) is 84.7 cm³/mol. The van der Waals surface area contributed by atoms with Crippen LogP contribution in [0, 0.1) is 0 Å². The van der Waals surface area contributed by atoms with Crippen LogP contribution in [-0.4, -0.2) is 10.2 Å². The minimum absolute atomic E-state index is 0.0191. The van der Waals surface area contributed by atoms with Crippen LogP contribution in [0.15, 0.2) is 0 Å². The monoisotopic (exact) mass is 290 g/mol. The van der Waals surface area contributed by atoms with Crippen LogP contribution in [0.1, 0.15) is 71.1 Å². The number of amides is 1. The highest BCUT2D eigenvalue weighted by Crippen LogP contribution is 2.10. The summed E-state index contributed by atoms with van der Waals surface area (Å²) in [5, 5.41) is 0. The molecule has 0 aliphatic heterocycles. The molecule has 106 valence electrons. The first-order valence-electron chi connectivity index (χ1n) is 6.94. The number of carbonyl (C=O) groups excluding carboxylic acids is 1. The molecule has 5 heteroatoms. The highest BCUT2D eigenvalue weighted by Gasteiger charge is 2.00. The van der Waals surface area contributed by atoms with E-state index in [9.17, 15) is 4.79 Å². The highest BCUT2D eigenvalue weighted by molar-refractivity contribution is 8.11. The Labute approximate surface area is 122 Å². The van der Waals surface area contributed by atoms with Crippen LogP contribution in [0.25, 0.3) is 0 Å². The van der Waals surface area contributed by atoms with Gasteiger partial charge < -0.3 is 0 Å². The maximum atomic E-state index is 11.3. The van der Waals surface area contributed by atoms with Gasteiger partial charge in [-0.2, -0.15) is 0 Å². The lowest BCUT2D eigenvalue weighted by atomic mass is 10.1. The first-order chi connectivity index (χ1) is 8.66. The topological polar surface area (TPSA) is 41.1 Å². The molecule has 0 aliphatic rings. The van der Waals surface area contributed by atoms with Crippen molar-refractivity contribution in [1.29, 1.82) is 0 Å². The second kappa shape index (κ2) is 13.1. The molecule has 0 aliphatic carbocycles.